The van der Waals surface area contributed by atoms with Crippen molar-refractivity contribution in [2.24, 2.45) is 5.92 Å². The SMILES string of the molecule is CC(C)C(=O)COCCOCCNC(=O)C(=O)CC[C@H](NC(=O)CCCCCCCCCCCCCCCCC(=O)O)C(=O)O. The molecule has 0 aromatic carbocycles. The Kier molecular flexibility index (Phi) is 26.8. The minimum absolute atomic E-state index is 0.00185. The van der Waals surface area contributed by atoms with Crippen LogP contribution in [0.15, 0.2) is 0 Å². The highest BCUT2D eigenvalue weighted by Crippen LogP contribution is 2.14. The number of Topliss-reactive ketones (excluding diaryl/α,β-unsaturated/α-hetero) is 2. The van der Waals surface area contributed by atoms with E-state index < -0.39 is 29.7 Å². The van der Waals surface area contributed by atoms with Gasteiger partial charge in [0.2, 0.25) is 11.7 Å². The Morgan fingerprint density at radius 2 is 1.11 bits per heavy atom. The van der Waals surface area contributed by atoms with E-state index in [0.717, 1.165) is 44.9 Å². The zero-order valence-corrected chi connectivity index (χ0v) is 27.6. The summed E-state index contributed by atoms with van der Waals surface area (Å²) in [5, 5.41) is 22.9. The summed E-state index contributed by atoms with van der Waals surface area (Å²) >= 11 is 0. The summed E-state index contributed by atoms with van der Waals surface area (Å²) in [4.78, 5) is 69.8. The maximum Gasteiger partial charge on any atom is 0.326 e. The van der Waals surface area contributed by atoms with Crippen molar-refractivity contribution >= 4 is 35.3 Å². The van der Waals surface area contributed by atoms with Crippen molar-refractivity contribution in [3.63, 3.8) is 0 Å². The van der Waals surface area contributed by atoms with Gasteiger partial charge in [-0.05, 0) is 19.3 Å². The van der Waals surface area contributed by atoms with Crippen molar-refractivity contribution in [2.75, 3.05) is 33.0 Å². The third-order valence-electron chi connectivity index (χ3n) is 7.38. The first-order chi connectivity index (χ1) is 21.5. The monoisotopic (exact) mass is 642 g/mol. The summed E-state index contributed by atoms with van der Waals surface area (Å²) in [5.74, 6) is -4.04. The number of carbonyl (C=O) groups excluding carboxylic acids is 4. The number of carboxylic acids is 2. The highest BCUT2D eigenvalue weighted by molar-refractivity contribution is 6.36. The molecule has 0 aliphatic carbocycles. The average molecular weight is 643 g/mol. The standard InChI is InChI=1S/C33H58N2O10/c1-26(2)29(37)25-45-24-23-44-22-21-34-32(41)28(36)20-19-27(33(42)43)35-30(38)17-15-13-11-9-7-5-3-4-6-8-10-12-14-16-18-31(39)40/h26-27H,3-25H2,1-2H3,(H,34,41)(H,35,38)(H,39,40)(H,42,43)/t27-/m0/s1. The minimum Gasteiger partial charge on any atom is -0.481 e. The molecule has 0 spiro atoms. The fourth-order valence-corrected chi connectivity index (χ4v) is 4.49. The number of carboxylic acid groups (broad SMARTS) is 2. The maximum absolute atomic E-state index is 12.2. The molecule has 0 rings (SSSR count). The van der Waals surface area contributed by atoms with Crippen LogP contribution in [-0.2, 0) is 38.2 Å². The summed E-state index contributed by atoms with van der Waals surface area (Å²) in [6.07, 6.45) is 15.0. The van der Waals surface area contributed by atoms with Gasteiger partial charge in [0, 0.05) is 31.7 Å². The Morgan fingerprint density at radius 1 is 0.622 bits per heavy atom. The molecule has 0 saturated carbocycles. The third kappa shape index (κ3) is 27.2. The highest BCUT2D eigenvalue weighted by atomic mass is 16.5. The average Bonchev–Trinajstić information content (AvgIpc) is 2.99. The molecule has 2 amide bonds. The Morgan fingerprint density at radius 3 is 1.60 bits per heavy atom. The van der Waals surface area contributed by atoms with Gasteiger partial charge in [-0.3, -0.25) is 24.0 Å². The molecule has 0 heterocycles. The van der Waals surface area contributed by atoms with Crippen molar-refractivity contribution in [2.45, 2.75) is 135 Å². The smallest absolute Gasteiger partial charge is 0.326 e. The second kappa shape index (κ2) is 28.6. The molecule has 0 bridgehead atoms. The van der Waals surface area contributed by atoms with Gasteiger partial charge < -0.3 is 30.3 Å². The number of aliphatic carboxylic acids is 2. The Balaban J connectivity index is 3.79. The molecule has 0 saturated heterocycles. The van der Waals surface area contributed by atoms with Gasteiger partial charge in [-0.2, -0.15) is 0 Å². The fourth-order valence-electron chi connectivity index (χ4n) is 4.49. The molecule has 0 aliphatic rings. The lowest BCUT2D eigenvalue weighted by molar-refractivity contribution is -0.143. The van der Waals surface area contributed by atoms with Crippen LogP contribution in [0.3, 0.4) is 0 Å². The summed E-state index contributed by atoms with van der Waals surface area (Å²) < 4.78 is 10.5. The van der Waals surface area contributed by atoms with E-state index in [0.29, 0.717) is 6.42 Å². The molecule has 1 atom stereocenters. The van der Waals surface area contributed by atoms with Crippen LogP contribution in [0.25, 0.3) is 0 Å². The van der Waals surface area contributed by atoms with Crippen LogP contribution in [0.4, 0.5) is 0 Å². The van der Waals surface area contributed by atoms with Gasteiger partial charge in [0.25, 0.3) is 5.91 Å². The first-order valence-corrected chi connectivity index (χ1v) is 16.8. The second-order valence-electron chi connectivity index (χ2n) is 11.8. The van der Waals surface area contributed by atoms with Gasteiger partial charge in [0.05, 0.1) is 19.8 Å². The van der Waals surface area contributed by atoms with Crippen LogP contribution in [-0.4, -0.2) is 84.5 Å². The van der Waals surface area contributed by atoms with E-state index in [2.05, 4.69) is 10.6 Å². The summed E-state index contributed by atoms with van der Waals surface area (Å²) in [7, 11) is 0. The predicted octanol–water partition coefficient (Wildman–Crippen LogP) is 4.61. The zero-order chi connectivity index (χ0) is 33.7. The third-order valence-corrected chi connectivity index (χ3v) is 7.38. The molecule has 0 aromatic rings. The van der Waals surface area contributed by atoms with Crippen LogP contribution >= 0.6 is 0 Å². The first kappa shape index (κ1) is 42.1. The highest BCUT2D eigenvalue weighted by Gasteiger charge is 2.23. The molecule has 45 heavy (non-hydrogen) atoms. The quantitative estimate of drug-likeness (QED) is 0.0597. The Labute approximate surface area is 268 Å². The summed E-state index contributed by atoms with van der Waals surface area (Å²) in [6, 6.07) is -1.24. The lowest BCUT2D eigenvalue weighted by Gasteiger charge is -2.14. The molecular weight excluding hydrogens is 584 g/mol. The second-order valence-corrected chi connectivity index (χ2v) is 11.8. The molecule has 0 unspecified atom stereocenters. The normalized spacial score (nSPS) is 11.7. The van der Waals surface area contributed by atoms with E-state index in [1.54, 1.807) is 13.8 Å². The Hall–Kier alpha value is -2.86. The molecular formula is C33H58N2O10. The van der Waals surface area contributed by atoms with Crippen LogP contribution in [0.5, 0.6) is 0 Å². The number of carbonyl (C=O) groups is 6. The number of nitrogens with one attached hydrogen (secondary N) is 2. The molecule has 0 aromatic heterocycles. The van der Waals surface area contributed by atoms with Crippen LogP contribution < -0.4 is 10.6 Å². The molecule has 0 fully saturated rings. The van der Waals surface area contributed by atoms with Gasteiger partial charge in [-0.25, -0.2) is 4.79 Å². The number of ketones is 2. The van der Waals surface area contributed by atoms with Crippen LogP contribution in [0, 0.1) is 5.92 Å². The molecule has 0 radical (unpaired) electrons. The van der Waals surface area contributed by atoms with Gasteiger partial charge in [0.1, 0.15) is 12.6 Å². The Bertz CT molecular complexity index is 862. The van der Waals surface area contributed by atoms with E-state index in [1.807, 2.05) is 0 Å². The zero-order valence-electron chi connectivity index (χ0n) is 27.6. The van der Waals surface area contributed by atoms with Crippen molar-refractivity contribution in [3.8, 4) is 0 Å². The van der Waals surface area contributed by atoms with E-state index in [-0.39, 0.29) is 76.3 Å². The van der Waals surface area contributed by atoms with Crippen molar-refractivity contribution in [1.82, 2.24) is 10.6 Å². The first-order valence-electron chi connectivity index (χ1n) is 16.8. The molecule has 260 valence electrons. The number of unbranched alkanes of at least 4 members (excludes halogenated alkanes) is 13. The number of hydrogen-bond acceptors (Lipinski definition) is 8. The van der Waals surface area contributed by atoms with E-state index >= 15 is 0 Å². The number of ether oxygens (including phenoxy) is 2. The lowest BCUT2D eigenvalue weighted by Crippen LogP contribution is -2.42. The number of amides is 2. The predicted molar refractivity (Wildman–Crippen MR) is 170 cm³/mol. The number of rotatable bonds is 32. The topological polar surface area (TPSA) is 185 Å². The molecule has 0 aliphatic heterocycles. The molecule has 12 nitrogen and oxygen atoms in total. The summed E-state index contributed by atoms with van der Waals surface area (Å²) in [6.45, 7) is 4.31. The summed E-state index contributed by atoms with van der Waals surface area (Å²) in [5.41, 5.74) is 0. The van der Waals surface area contributed by atoms with Gasteiger partial charge in [0.15, 0.2) is 5.78 Å². The van der Waals surface area contributed by atoms with E-state index in [4.69, 9.17) is 14.6 Å². The lowest BCUT2D eigenvalue weighted by atomic mass is 10.0. The molecule has 12 heteroatoms. The maximum atomic E-state index is 12.2. The van der Waals surface area contributed by atoms with Gasteiger partial charge in [-0.1, -0.05) is 90.9 Å². The van der Waals surface area contributed by atoms with Gasteiger partial charge in [-0.15, -0.1) is 0 Å². The number of hydrogen-bond donors (Lipinski definition) is 4. The van der Waals surface area contributed by atoms with Crippen molar-refractivity contribution < 1.29 is 48.5 Å². The largest absolute Gasteiger partial charge is 0.481 e. The van der Waals surface area contributed by atoms with Crippen LogP contribution in [0.2, 0.25) is 0 Å². The van der Waals surface area contributed by atoms with Crippen LogP contribution in [0.1, 0.15) is 129 Å². The minimum atomic E-state index is -1.25. The van der Waals surface area contributed by atoms with E-state index in [9.17, 15) is 33.9 Å². The van der Waals surface area contributed by atoms with Crippen molar-refractivity contribution in [1.29, 1.82) is 0 Å². The fraction of sp³-hybridized carbons (Fsp3) is 0.818. The van der Waals surface area contributed by atoms with E-state index in [1.165, 1.54) is 38.5 Å². The van der Waals surface area contributed by atoms with Gasteiger partial charge >= 0.3 is 11.9 Å². The van der Waals surface area contributed by atoms with Crippen molar-refractivity contribution in [3.05, 3.63) is 0 Å². The molecule has 4 N–H and O–H groups in total.